The Kier molecular flexibility index (Phi) is 36.2. The van der Waals surface area contributed by atoms with Crippen LogP contribution in [0, 0.1) is 0 Å². The van der Waals surface area contributed by atoms with Crippen LogP contribution in [0.5, 0.6) is 0 Å². The molecule has 2 unspecified atom stereocenters. The van der Waals surface area contributed by atoms with Crippen molar-refractivity contribution in [3.05, 3.63) is 0 Å². The van der Waals surface area contributed by atoms with E-state index in [1.807, 2.05) is 0 Å². The van der Waals surface area contributed by atoms with Gasteiger partial charge in [0.25, 0.3) is 0 Å². The molecule has 0 aliphatic rings. The molecule has 0 aliphatic heterocycles. The van der Waals surface area contributed by atoms with Crippen LogP contribution >= 0.6 is 11.8 Å². The molecule has 0 N–H and O–H groups in total. The summed E-state index contributed by atoms with van der Waals surface area (Å²) in [6.45, 7) is 28.0. The lowest BCUT2D eigenvalue weighted by Gasteiger charge is -2.54. The highest BCUT2D eigenvalue weighted by Crippen LogP contribution is 2.48. The van der Waals surface area contributed by atoms with Gasteiger partial charge in [-0.1, -0.05) is 40.5 Å². The van der Waals surface area contributed by atoms with Crippen molar-refractivity contribution in [2.45, 2.75) is 141 Å². The quantitative estimate of drug-likeness (QED) is 0.0339. The molecule has 61 heavy (non-hydrogen) atoms. The minimum atomic E-state index is -2.72. The van der Waals surface area contributed by atoms with Gasteiger partial charge in [0.2, 0.25) is 0 Å². The number of thioether (sulfide) groups is 1. The van der Waals surface area contributed by atoms with E-state index in [1.54, 1.807) is 42.7 Å². The fourth-order valence-corrected chi connectivity index (χ4v) is 17.6. The highest BCUT2D eigenvalue weighted by Gasteiger charge is 2.48. The maximum absolute atomic E-state index is 6.04. The molecule has 0 aromatic heterocycles. The molecule has 366 valence electrons. The molecular weight excluding hydrogens is 865 g/mol. The Balaban J connectivity index is 7.36. The van der Waals surface area contributed by atoms with Crippen LogP contribution < -0.4 is 0 Å². The fourth-order valence-electron chi connectivity index (χ4n) is 8.53. The molecule has 0 saturated carbocycles. The molecule has 2 radical (unpaired) electrons. The summed E-state index contributed by atoms with van der Waals surface area (Å²) in [6, 6.07) is 3.51. The van der Waals surface area contributed by atoms with Gasteiger partial charge >= 0.3 is 36.2 Å². The zero-order valence-electron chi connectivity index (χ0n) is 42.3. The maximum Gasteiger partial charge on any atom is 0.500 e. The van der Waals surface area contributed by atoms with E-state index < -0.39 is 36.2 Å². The first-order valence-corrected chi connectivity index (χ1v) is 31.1. The lowest BCUT2D eigenvalue weighted by Crippen LogP contribution is -2.61. The molecule has 2 atom stereocenters. The number of nitrogens with zero attached hydrogens (tertiary/aromatic N) is 4. The lowest BCUT2D eigenvalue weighted by molar-refractivity contribution is 0.0981. The van der Waals surface area contributed by atoms with E-state index in [4.69, 9.17) is 44.3 Å². The molecule has 0 saturated heterocycles. The second-order valence-electron chi connectivity index (χ2n) is 15.5. The molecule has 0 aromatic carbocycles. The predicted molar refractivity (Wildman–Crippen MR) is 262 cm³/mol. The van der Waals surface area contributed by atoms with Gasteiger partial charge in [0.05, 0.1) is 9.74 Å². The first kappa shape index (κ1) is 61.7. The smallest absolute Gasteiger partial charge is 0.394 e. The Labute approximate surface area is 386 Å². The Bertz CT molecular complexity index is 927. The van der Waals surface area contributed by atoms with Gasteiger partial charge in [-0.15, -0.1) is 11.8 Å². The zero-order valence-corrected chi connectivity index (χ0v) is 47.1. The van der Waals surface area contributed by atoms with E-state index in [0.717, 1.165) is 128 Å². The molecule has 0 fully saturated rings. The monoisotopic (exact) mass is 961 g/mol. The van der Waals surface area contributed by atoms with Gasteiger partial charge in [-0.05, 0) is 132 Å². The van der Waals surface area contributed by atoms with Gasteiger partial charge in [0, 0.05) is 94.3 Å². The molecule has 0 bridgehead atoms. The van der Waals surface area contributed by atoms with Crippen molar-refractivity contribution in [3.8, 4) is 0 Å². The Hall–Kier alpha value is 0.658. The summed E-state index contributed by atoms with van der Waals surface area (Å²) in [5, 5.41) is 0. The van der Waals surface area contributed by atoms with Crippen LogP contribution in [0.15, 0.2) is 0 Å². The van der Waals surface area contributed by atoms with Gasteiger partial charge in [-0.2, -0.15) is 0 Å². The van der Waals surface area contributed by atoms with Crippen molar-refractivity contribution >= 4 is 47.9 Å². The number of unbranched alkanes of at least 4 members (excludes halogenated alkanes) is 2. The highest BCUT2D eigenvalue weighted by molar-refractivity contribution is 8.02. The zero-order chi connectivity index (χ0) is 46.2. The number of rotatable bonds is 44. The van der Waals surface area contributed by atoms with Crippen molar-refractivity contribution < 1.29 is 44.3 Å². The molecule has 0 heterocycles. The van der Waals surface area contributed by atoms with Crippen LogP contribution in [-0.4, -0.2) is 201 Å². The minimum absolute atomic E-state index is 0.197. The summed E-state index contributed by atoms with van der Waals surface area (Å²) in [5.74, 6) is 0. The number of likely N-dealkylation sites (N-methyl/N-ethyl adjacent to an activating group) is 4. The summed E-state index contributed by atoms with van der Waals surface area (Å²) in [7, 11) is 6.95. The molecule has 0 aliphatic carbocycles. The number of hydrogen-bond acceptors (Lipinski definition) is 15. The van der Waals surface area contributed by atoms with Crippen LogP contribution in [0.25, 0.3) is 0 Å². The van der Waals surface area contributed by atoms with E-state index in [1.165, 1.54) is 0 Å². The molecule has 0 spiro atoms. The second kappa shape index (κ2) is 35.8. The van der Waals surface area contributed by atoms with Gasteiger partial charge in [-0.3, -0.25) is 9.80 Å². The van der Waals surface area contributed by atoms with Gasteiger partial charge in [-0.25, -0.2) is 0 Å². The third-order valence-corrected chi connectivity index (χ3v) is 23.2. The Morgan fingerprint density at radius 1 is 0.443 bits per heavy atom. The van der Waals surface area contributed by atoms with E-state index in [9.17, 15) is 0 Å². The average molecular weight is 962 g/mol. The normalized spacial score (nSPS) is 15.0. The SMILES string of the molecule is CCO[Si](CCCN(C)CC(CCCC[Si](OC)(OC)OC)(SC(CCCC[Si](OC)(OC)OC)(CN(C)CCC[Si](OCC)OCC)N(CC)CC)N(CC)CC)OCC. The van der Waals surface area contributed by atoms with Crippen molar-refractivity contribution in [2.24, 2.45) is 0 Å². The van der Waals surface area contributed by atoms with E-state index in [-0.39, 0.29) is 9.74 Å². The van der Waals surface area contributed by atoms with Crippen LogP contribution in [0.1, 0.15) is 107 Å². The average Bonchev–Trinajstić information content (AvgIpc) is 3.25. The summed E-state index contributed by atoms with van der Waals surface area (Å²) in [6.07, 6.45) is 8.09. The predicted octanol–water partition coefficient (Wildman–Crippen LogP) is 7.66. The highest BCUT2D eigenvalue weighted by atomic mass is 32.2. The molecule has 0 amide bonds. The van der Waals surface area contributed by atoms with Crippen LogP contribution in [0.4, 0.5) is 0 Å². The Morgan fingerprint density at radius 3 is 0.984 bits per heavy atom. The minimum Gasteiger partial charge on any atom is -0.394 e. The topological polar surface area (TPSA) is 105 Å². The molecule has 0 aromatic rings. The van der Waals surface area contributed by atoms with E-state index in [2.05, 4.69) is 101 Å². The second-order valence-corrected chi connectivity index (χ2v) is 27.1. The third kappa shape index (κ3) is 22.3. The maximum atomic E-state index is 6.04. The van der Waals surface area contributed by atoms with Crippen molar-refractivity contribution in [1.82, 2.24) is 19.6 Å². The summed E-state index contributed by atoms with van der Waals surface area (Å²) >= 11 is 2.24. The van der Waals surface area contributed by atoms with E-state index in [0.29, 0.717) is 26.4 Å². The summed E-state index contributed by atoms with van der Waals surface area (Å²) in [4.78, 5) is 10.3. The summed E-state index contributed by atoms with van der Waals surface area (Å²) < 4.78 is 59.5. The molecule has 0 rings (SSSR count). The first-order valence-electron chi connectivity index (χ1n) is 23.4. The fraction of sp³-hybridized carbons (Fsp3) is 1.00. The van der Waals surface area contributed by atoms with Gasteiger partial charge in [0.15, 0.2) is 0 Å². The largest absolute Gasteiger partial charge is 0.500 e. The van der Waals surface area contributed by atoms with Crippen molar-refractivity contribution in [2.75, 3.05) is 136 Å². The molecule has 19 heteroatoms. The Morgan fingerprint density at radius 2 is 0.738 bits per heavy atom. The third-order valence-electron chi connectivity index (χ3n) is 11.6. The first-order chi connectivity index (χ1) is 29.3. The van der Waals surface area contributed by atoms with Gasteiger partial charge in [0.1, 0.15) is 0 Å². The van der Waals surface area contributed by atoms with Crippen LogP contribution in [0.3, 0.4) is 0 Å². The lowest BCUT2D eigenvalue weighted by atomic mass is 10.1. The van der Waals surface area contributed by atoms with Crippen molar-refractivity contribution in [1.29, 1.82) is 0 Å². The standard InChI is InChI=1S/C42H96N4O10SSi4/c1-17-45(18-2)41(31-25-27-37-60(47-11,48-12)49-13,39-43(9)33-29-35-58(53-21-5)54-22-6)57-42(46(19-3)20-4,32-26-28-38-61(50-14,51-15)52-16)40-44(10)34-30-36-59(55-23-7)56-24-8/h17-40H2,1-16H3. The van der Waals surface area contributed by atoms with Crippen LogP contribution in [-0.2, 0) is 44.3 Å². The van der Waals surface area contributed by atoms with Gasteiger partial charge < -0.3 is 54.1 Å². The summed E-state index contributed by atoms with van der Waals surface area (Å²) in [5.41, 5.74) is 0. The number of hydrogen-bond donors (Lipinski definition) is 0. The van der Waals surface area contributed by atoms with E-state index >= 15 is 0 Å². The molecular formula is C42H96N4O10SSi4. The molecule has 14 nitrogen and oxygen atoms in total. The van der Waals surface area contributed by atoms with Crippen LogP contribution in [0.2, 0.25) is 24.2 Å². The van der Waals surface area contributed by atoms with Crippen molar-refractivity contribution in [3.63, 3.8) is 0 Å².